The quantitative estimate of drug-likeness (QED) is 0.622. The van der Waals surface area contributed by atoms with Gasteiger partial charge in [-0.05, 0) is 18.9 Å². The minimum absolute atomic E-state index is 0.00463. The molecule has 3 nitrogen and oxygen atoms in total. The zero-order valence-electron chi connectivity index (χ0n) is 6.30. The zero-order chi connectivity index (χ0) is 7.90. The van der Waals surface area contributed by atoms with Gasteiger partial charge in [-0.2, -0.15) is 0 Å². The molecule has 0 bridgehead atoms. The number of carbonyl (C=O) groups is 1. The van der Waals surface area contributed by atoms with Crippen LogP contribution in [0.5, 0.6) is 0 Å². The van der Waals surface area contributed by atoms with Crippen LogP contribution in [0, 0.1) is 0 Å². The second-order valence-corrected chi connectivity index (χ2v) is 3.19. The van der Waals surface area contributed by atoms with Gasteiger partial charge < -0.3 is 10.5 Å². The molecule has 1 saturated carbocycles. The average Bonchev–Trinajstić information content (AvgIpc) is 2.54. The molecule has 0 saturated heterocycles. The van der Waals surface area contributed by atoms with E-state index in [-0.39, 0.29) is 5.78 Å². The van der Waals surface area contributed by atoms with E-state index in [1.807, 2.05) is 6.08 Å². The Labute approximate surface area is 65.2 Å². The maximum absolute atomic E-state index is 11.4. The van der Waals surface area contributed by atoms with Crippen molar-refractivity contribution in [1.82, 2.24) is 0 Å². The lowest BCUT2D eigenvalue weighted by molar-refractivity contribution is -0.120. The third-order valence-corrected chi connectivity index (χ3v) is 2.17. The number of hydrogen-bond donors (Lipinski definition) is 1. The number of nitrogens with two attached hydrogens (primary N) is 1. The van der Waals surface area contributed by atoms with Crippen molar-refractivity contribution in [3.8, 4) is 0 Å². The summed E-state index contributed by atoms with van der Waals surface area (Å²) in [5.74, 6) is 0.486. The van der Waals surface area contributed by atoms with Gasteiger partial charge in [0, 0.05) is 6.42 Å². The van der Waals surface area contributed by atoms with Crippen LogP contribution in [0.4, 0.5) is 0 Å². The van der Waals surface area contributed by atoms with Gasteiger partial charge in [-0.1, -0.05) is 0 Å². The van der Waals surface area contributed by atoms with Crippen LogP contribution in [0.15, 0.2) is 11.8 Å². The highest BCUT2D eigenvalue weighted by Gasteiger charge is 2.47. The Bertz CT molecular complexity index is 228. The molecule has 2 rings (SSSR count). The van der Waals surface area contributed by atoms with Gasteiger partial charge in [0.25, 0.3) is 0 Å². The van der Waals surface area contributed by atoms with E-state index in [1.54, 1.807) is 0 Å². The predicted molar refractivity (Wildman–Crippen MR) is 39.8 cm³/mol. The van der Waals surface area contributed by atoms with E-state index in [0.29, 0.717) is 12.4 Å². The molecule has 1 fully saturated rings. The summed E-state index contributed by atoms with van der Waals surface area (Å²) in [6, 6.07) is 0. The number of rotatable bonds is 2. The molecular formula is C8H11NO2. The van der Waals surface area contributed by atoms with Gasteiger partial charge in [0.05, 0.1) is 12.1 Å². The summed E-state index contributed by atoms with van der Waals surface area (Å²) in [7, 11) is 0. The molecule has 2 N–H and O–H groups in total. The summed E-state index contributed by atoms with van der Waals surface area (Å²) in [5, 5.41) is 0. The predicted octanol–water partition coefficient (Wildman–Crippen LogP) is 0.351. The largest absolute Gasteiger partial charge is 0.490 e. The number of hydrogen-bond acceptors (Lipinski definition) is 3. The van der Waals surface area contributed by atoms with Gasteiger partial charge in [-0.3, -0.25) is 4.79 Å². The van der Waals surface area contributed by atoms with Crippen molar-refractivity contribution >= 4 is 5.78 Å². The summed E-state index contributed by atoms with van der Waals surface area (Å²) in [5.41, 5.74) is 5.14. The summed E-state index contributed by atoms with van der Waals surface area (Å²) in [6.45, 7) is 0.636. The fourth-order valence-corrected chi connectivity index (χ4v) is 1.18. The van der Waals surface area contributed by atoms with Crippen LogP contribution in [0.25, 0.3) is 0 Å². The monoisotopic (exact) mass is 153 g/mol. The molecule has 1 aliphatic carbocycles. The lowest BCUT2D eigenvalue weighted by Gasteiger charge is -2.07. The van der Waals surface area contributed by atoms with Gasteiger partial charge in [0.15, 0.2) is 5.76 Å². The smallest absolute Gasteiger partial charge is 0.216 e. The summed E-state index contributed by atoms with van der Waals surface area (Å²) < 4.78 is 5.11. The summed E-state index contributed by atoms with van der Waals surface area (Å²) >= 11 is 0. The first kappa shape index (κ1) is 6.85. The SMILES string of the molecule is NC1(C(=O)C2=CCCO2)CC1. The molecule has 0 spiro atoms. The maximum atomic E-state index is 11.4. The van der Waals surface area contributed by atoms with Crippen LogP contribution in [0.3, 0.4) is 0 Å². The first-order chi connectivity index (χ1) is 5.22. The molecule has 0 radical (unpaired) electrons. The van der Waals surface area contributed by atoms with Gasteiger partial charge in [0.2, 0.25) is 5.78 Å². The van der Waals surface area contributed by atoms with Crippen molar-refractivity contribution < 1.29 is 9.53 Å². The molecule has 0 aromatic carbocycles. The molecule has 0 atom stereocenters. The highest BCUT2D eigenvalue weighted by atomic mass is 16.5. The van der Waals surface area contributed by atoms with E-state index < -0.39 is 5.54 Å². The van der Waals surface area contributed by atoms with E-state index >= 15 is 0 Å². The van der Waals surface area contributed by atoms with E-state index in [1.165, 1.54) is 0 Å². The third kappa shape index (κ3) is 1.05. The van der Waals surface area contributed by atoms with Crippen molar-refractivity contribution in [2.24, 2.45) is 5.73 Å². The maximum Gasteiger partial charge on any atom is 0.216 e. The molecule has 11 heavy (non-hydrogen) atoms. The highest BCUT2D eigenvalue weighted by molar-refractivity contribution is 6.03. The van der Waals surface area contributed by atoms with Crippen LogP contribution in [-0.4, -0.2) is 17.9 Å². The highest BCUT2D eigenvalue weighted by Crippen LogP contribution is 2.36. The Hall–Kier alpha value is -0.830. The van der Waals surface area contributed by atoms with E-state index in [9.17, 15) is 4.79 Å². The normalized spacial score (nSPS) is 25.7. The molecule has 0 amide bonds. The number of carbonyl (C=O) groups excluding carboxylic acids is 1. The Morgan fingerprint density at radius 3 is 2.82 bits per heavy atom. The zero-order valence-corrected chi connectivity index (χ0v) is 6.30. The fraction of sp³-hybridized carbons (Fsp3) is 0.625. The van der Waals surface area contributed by atoms with Crippen molar-refractivity contribution in [3.63, 3.8) is 0 Å². The van der Waals surface area contributed by atoms with E-state index in [4.69, 9.17) is 10.5 Å². The molecule has 1 heterocycles. The van der Waals surface area contributed by atoms with Crippen LogP contribution >= 0.6 is 0 Å². The molecule has 3 heteroatoms. The number of ether oxygens (including phenoxy) is 1. The molecule has 1 aliphatic heterocycles. The van der Waals surface area contributed by atoms with Gasteiger partial charge in [0.1, 0.15) is 0 Å². The lowest BCUT2D eigenvalue weighted by Crippen LogP contribution is -2.34. The summed E-state index contributed by atoms with van der Waals surface area (Å²) in [4.78, 5) is 11.4. The number of ketones is 1. The fourth-order valence-electron chi connectivity index (χ4n) is 1.18. The molecule has 0 unspecified atom stereocenters. The molecule has 2 aliphatic rings. The lowest BCUT2D eigenvalue weighted by atomic mass is 10.1. The minimum atomic E-state index is -0.559. The van der Waals surface area contributed by atoms with Crippen LogP contribution in [0.1, 0.15) is 19.3 Å². The van der Waals surface area contributed by atoms with E-state index in [0.717, 1.165) is 19.3 Å². The van der Waals surface area contributed by atoms with Crippen molar-refractivity contribution in [2.75, 3.05) is 6.61 Å². The first-order valence-corrected chi connectivity index (χ1v) is 3.89. The summed E-state index contributed by atoms with van der Waals surface area (Å²) in [6.07, 6.45) is 4.30. The first-order valence-electron chi connectivity index (χ1n) is 3.89. The average molecular weight is 153 g/mol. The standard InChI is InChI=1S/C8H11NO2/c9-8(3-4-8)7(10)6-2-1-5-11-6/h2H,1,3-5,9H2. The van der Waals surface area contributed by atoms with Crippen molar-refractivity contribution in [2.45, 2.75) is 24.8 Å². The Balaban J connectivity index is 2.10. The Morgan fingerprint density at radius 1 is 1.64 bits per heavy atom. The topological polar surface area (TPSA) is 52.3 Å². The van der Waals surface area contributed by atoms with Gasteiger partial charge >= 0.3 is 0 Å². The second-order valence-electron chi connectivity index (χ2n) is 3.19. The third-order valence-electron chi connectivity index (χ3n) is 2.17. The Morgan fingerprint density at radius 2 is 2.36 bits per heavy atom. The molecule has 60 valence electrons. The molecule has 0 aromatic heterocycles. The van der Waals surface area contributed by atoms with Crippen molar-refractivity contribution in [3.05, 3.63) is 11.8 Å². The van der Waals surface area contributed by atoms with Crippen LogP contribution in [-0.2, 0) is 9.53 Å². The molecular weight excluding hydrogens is 142 g/mol. The van der Waals surface area contributed by atoms with Crippen LogP contribution in [0.2, 0.25) is 0 Å². The Kier molecular flexibility index (Phi) is 1.29. The number of Topliss-reactive ketones (excluding diaryl/α,β-unsaturated/α-hetero) is 1. The molecule has 0 aromatic rings. The van der Waals surface area contributed by atoms with Gasteiger partial charge in [-0.15, -0.1) is 0 Å². The van der Waals surface area contributed by atoms with Crippen molar-refractivity contribution in [1.29, 1.82) is 0 Å². The van der Waals surface area contributed by atoms with Gasteiger partial charge in [-0.25, -0.2) is 0 Å². The van der Waals surface area contributed by atoms with Crippen LogP contribution < -0.4 is 5.73 Å². The second kappa shape index (κ2) is 2.08. The van der Waals surface area contributed by atoms with E-state index in [2.05, 4.69) is 0 Å². The minimum Gasteiger partial charge on any atom is -0.490 e.